The molecule has 23 heavy (non-hydrogen) atoms. The van der Waals surface area contributed by atoms with Crippen molar-refractivity contribution in [3.05, 3.63) is 81.7 Å². The first-order chi connectivity index (χ1) is 11.2. The summed E-state index contributed by atoms with van der Waals surface area (Å²) in [6.45, 7) is 0. The number of hydrogen-bond donors (Lipinski definition) is 0. The molecule has 0 aliphatic heterocycles. The molecule has 4 heteroatoms. The molecule has 1 heterocycles. The Balaban J connectivity index is 2.18. The first-order valence-electron chi connectivity index (χ1n) is 6.90. The Morgan fingerprint density at radius 1 is 1.04 bits per heavy atom. The van der Waals surface area contributed by atoms with E-state index in [1.54, 1.807) is 18.2 Å². The molecule has 0 radical (unpaired) electrons. The fraction of sp³-hybridized carbons (Fsp3) is 0.0526. The summed E-state index contributed by atoms with van der Waals surface area (Å²) in [5.74, 6) is 5.44. The molecular formula is C19H12O4. The van der Waals surface area contributed by atoms with Crippen molar-refractivity contribution >= 4 is 16.9 Å². The van der Waals surface area contributed by atoms with Crippen molar-refractivity contribution < 1.29 is 13.9 Å². The number of methoxy groups -OCH3 is 1. The highest BCUT2D eigenvalue weighted by Crippen LogP contribution is 2.19. The number of esters is 1. The molecule has 0 aliphatic rings. The molecule has 0 amide bonds. The lowest BCUT2D eigenvalue weighted by Crippen LogP contribution is -2.05. The van der Waals surface area contributed by atoms with Crippen LogP contribution in [0.5, 0.6) is 0 Å². The third-order valence-electron chi connectivity index (χ3n) is 3.28. The summed E-state index contributed by atoms with van der Waals surface area (Å²) in [6, 6.07) is 15.5. The van der Waals surface area contributed by atoms with Crippen molar-refractivity contribution in [3.63, 3.8) is 0 Å². The first kappa shape index (κ1) is 14.6. The second kappa shape index (κ2) is 6.20. The standard InChI is InChI=1S/C19H12O4/c1-22-19(21)16-11-15-9-10-18(20)23-17(15)12-14(16)8-7-13-5-3-2-4-6-13/h2-6,9-12H,1H3. The smallest absolute Gasteiger partial charge is 0.339 e. The summed E-state index contributed by atoms with van der Waals surface area (Å²) in [6.07, 6.45) is 0. The Kier molecular flexibility index (Phi) is 3.94. The maximum Gasteiger partial charge on any atom is 0.339 e. The van der Waals surface area contributed by atoms with Crippen LogP contribution in [0.3, 0.4) is 0 Å². The molecular weight excluding hydrogens is 292 g/mol. The van der Waals surface area contributed by atoms with Crippen molar-refractivity contribution in [1.29, 1.82) is 0 Å². The predicted molar refractivity (Wildman–Crippen MR) is 86.2 cm³/mol. The highest BCUT2D eigenvalue weighted by Gasteiger charge is 2.13. The molecule has 0 fully saturated rings. The Hall–Kier alpha value is -3.32. The van der Waals surface area contributed by atoms with E-state index < -0.39 is 11.6 Å². The largest absolute Gasteiger partial charge is 0.465 e. The summed E-state index contributed by atoms with van der Waals surface area (Å²) in [7, 11) is 1.31. The molecule has 0 N–H and O–H groups in total. The summed E-state index contributed by atoms with van der Waals surface area (Å²) < 4.78 is 9.95. The molecule has 4 nitrogen and oxygen atoms in total. The van der Waals surface area contributed by atoms with Gasteiger partial charge in [-0.2, -0.15) is 0 Å². The number of carbonyl (C=O) groups is 1. The fourth-order valence-electron chi connectivity index (χ4n) is 2.16. The lowest BCUT2D eigenvalue weighted by atomic mass is 10.0. The number of rotatable bonds is 1. The van der Waals surface area contributed by atoms with Crippen LogP contribution in [0.25, 0.3) is 11.0 Å². The van der Waals surface area contributed by atoms with E-state index in [-0.39, 0.29) is 0 Å². The lowest BCUT2D eigenvalue weighted by molar-refractivity contribution is 0.0600. The SMILES string of the molecule is COC(=O)c1cc2ccc(=O)oc2cc1C#Cc1ccccc1. The van der Waals surface area contributed by atoms with Crippen LogP contribution in [0, 0.1) is 11.8 Å². The van der Waals surface area contributed by atoms with Crippen LogP contribution in [0.2, 0.25) is 0 Å². The number of fused-ring (bicyclic) bond motifs is 1. The van der Waals surface area contributed by atoms with E-state index in [0.29, 0.717) is 22.1 Å². The van der Waals surface area contributed by atoms with Gasteiger partial charge in [0.15, 0.2) is 0 Å². The molecule has 0 atom stereocenters. The fourth-order valence-corrected chi connectivity index (χ4v) is 2.16. The third kappa shape index (κ3) is 3.14. The number of benzene rings is 2. The molecule has 3 aromatic rings. The minimum atomic E-state index is -0.490. The van der Waals surface area contributed by atoms with Gasteiger partial charge in [0.05, 0.1) is 12.7 Å². The van der Waals surface area contributed by atoms with Gasteiger partial charge >= 0.3 is 11.6 Å². The molecule has 0 saturated carbocycles. The summed E-state index contributed by atoms with van der Waals surface area (Å²) >= 11 is 0. The van der Waals surface area contributed by atoms with Crippen molar-refractivity contribution in [3.8, 4) is 11.8 Å². The van der Waals surface area contributed by atoms with E-state index in [0.717, 1.165) is 5.56 Å². The van der Waals surface area contributed by atoms with E-state index in [4.69, 9.17) is 9.15 Å². The molecule has 0 aliphatic carbocycles. The van der Waals surface area contributed by atoms with Gasteiger partial charge in [0.1, 0.15) is 5.58 Å². The molecule has 112 valence electrons. The van der Waals surface area contributed by atoms with Gasteiger partial charge in [0.25, 0.3) is 0 Å². The zero-order valence-electron chi connectivity index (χ0n) is 12.3. The maximum absolute atomic E-state index is 12.0. The van der Waals surface area contributed by atoms with E-state index in [1.807, 2.05) is 30.3 Å². The van der Waals surface area contributed by atoms with Crippen LogP contribution in [0.4, 0.5) is 0 Å². The monoisotopic (exact) mass is 304 g/mol. The number of hydrogen-bond acceptors (Lipinski definition) is 4. The Morgan fingerprint density at radius 2 is 1.83 bits per heavy atom. The highest BCUT2D eigenvalue weighted by atomic mass is 16.5. The van der Waals surface area contributed by atoms with Crippen LogP contribution in [-0.4, -0.2) is 13.1 Å². The van der Waals surface area contributed by atoms with Crippen LogP contribution in [0.15, 0.2) is 63.8 Å². The normalized spacial score (nSPS) is 9.96. The molecule has 1 aromatic heterocycles. The van der Waals surface area contributed by atoms with Gasteiger partial charge in [-0.15, -0.1) is 0 Å². The van der Waals surface area contributed by atoms with Crippen molar-refractivity contribution in [2.75, 3.05) is 7.11 Å². The third-order valence-corrected chi connectivity index (χ3v) is 3.28. The molecule has 0 spiro atoms. The van der Waals surface area contributed by atoms with Crippen molar-refractivity contribution in [1.82, 2.24) is 0 Å². The minimum absolute atomic E-state index is 0.331. The average molecular weight is 304 g/mol. The summed E-state index contributed by atoms with van der Waals surface area (Å²) in [5.41, 5.74) is 1.52. The maximum atomic E-state index is 12.0. The quantitative estimate of drug-likeness (QED) is 0.394. The van der Waals surface area contributed by atoms with Gasteiger partial charge in [0, 0.05) is 22.6 Å². The summed E-state index contributed by atoms with van der Waals surface area (Å²) in [4.78, 5) is 23.3. The second-order valence-electron chi connectivity index (χ2n) is 4.80. The Labute approximate surface area is 132 Å². The first-order valence-corrected chi connectivity index (χ1v) is 6.90. The predicted octanol–water partition coefficient (Wildman–Crippen LogP) is 2.98. The Bertz CT molecular complexity index is 989. The van der Waals surface area contributed by atoms with Crippen LogP contribution in [-0.2, 0) is 4.74 Å². The van der Waals surface area contributed by atoms with Crippen LogP contribution in [0.1, 0.15) is 21.5 Å². The van der Waals surface area contributed by atoms with Gasteiger partial charge < -0.3 is 9.15 Å². The van der Waals surface area contributed by atoms with Gasteiger partial charge in [0.2, 0.25) is 0 Å². The number of carbonyl (C=O) groups excluding carboxylic acids is 1. The van der Waals surface area contributed by atoms with Crippen molar-refractivity contribution in [2.45, 2.75) is 0 Å². The number of ether oxygens (including phenoxy) is 1. The van der Waals surface area contributed by atoms with Crippen LogP contribution < -0.4 is 5.63 Å². The van der Waals surface area contributed by atoms with E-state index in [1.165, 1.54) is 13.2 Å². The average Bonchev–Trinajstić information content (AvgIpc) is 2.59. The molecule has 0 bridgehead atoms. The highest BCUT2D eigenvalue weighted by molar-refractivity contribution is 5.97. The van der Waals surface area contributed by atoms with Gasteiger partial charge in [-0.25, -0.2) is 9.59 Å². The topological polar surface area (TPSA) is 56.5 Å². The van der Waals surface area contributed by atoms with Gasteiger partial charge in [-0.3, -0.25) is 0 Å². The zero-order valence-corrected chi connectivity index (χ0v) is 12.3. The van der Waals surface area contributed by atoms with E-state index >= 15 is 0 Å². The Morgan fingerprint density at radius 3 is 2.57 bits per heavy atom. The molecule has 3 rings (SSSR count). The van der Waals surface area contributed by atoms with E-state index in [2.05, 4.69) is 11.8 Å². The van der Waals surface area contributed by atoms with Gasteiger partial charge in [-0.05, 0) is 30.3 Å². The summed E-state index contributed by atoms with van der Waals surface area (Å²) in [5, 5.41) is 0.635. The second-order valence-corrected chi connectivity index (χ2v) is 4.80. The lowest BCUT2D eigenvalue weighted by Gasteiger charge is -2.04. The molecule has 0 unspecified atom stereocenters. The van der Waals surface area contributed by atoms with E-state index in [9.17, 15) is 9.59 Å². The zero-order chi connectivity index (χ0) is 16.2. The minimum Gasteiger partial charge on any atom is -0.465 e. The molecule has 2 aromatic carbocycles. The van der Waals surface area contributed by atoms with Crippen molar-refractivity contribution in [2.24, 2.45) is 0 Å². The van der Waals surface area contributed by atoms with Gasteiger partial charge in [-0.1, -0.05) is 30.0 Å². The van der Waals surface area contributed by atoms with Crippen LogP contribution >= 0.6 is 0 Å². The molecule has 0 saturated heterocycles.